The molecule has 2 aromatic rings. The number of anilines is 1. The van der Waals surface area contributed by atoms with Gasteiger partial charge in [-0.3, -0.25) is 9.48 Å². The largest absolute Gasteiger partial charge is 0.478 e. The molecule has 1 aromatic heterocycles. The molecule has 0 spiro atoms. The summed E-state index contributed by atoms with van der Waals surface area (Å²) in [5, 5.41) is 12.8. The second-order valence-corrected chi connectivity index (χ2v) is 4.06. The zero-order chi connectivity index (χ0) is 14.0. The molecule has 0 fully saturated rings. The summed E-state index contributed by atoms with van der Waals surface area (Å²) in [6, 6.07) is 7.75. The van der Waals surface area contributed by atoms with Crippen LogP contribution in [-0.2, 0) is 7.05 Å². The summed E-state index contributed by atoms with van der Waals surface area (Å²) in [7, 11) is 3.32. The summed E-state index contributed by atoms with van der Waals surface area (Å²) in [5.41, 5.74) is 1.27. The Kier molecular flexibility index (Phi) is 3.33. The Labute approximate surface area is 109 Å². The van der Waals surface area contributed by atoms with E-state index in [4.69, 9.17) is 5.11 Å². The predicted octanol–water partition coefficient (Wildman–Crippen LogP) is 1.39. The number of rotatable bonds is 3. The fourth-order valence-electron chi connectivity index (χ4n) is 1.70. The van der Waals surface area contributed by atoms with E-state index in [9.17, 15) is 9.59 Å². The molecule has 1 aromatic carbocycles. The van der Waals surface area contributed by atoms with Gasteiger partial charge in [0, 0.05) is 26.0 Å². The number of aromatic carboxylic acids is 1. The van der Waals surface area contributed by atoms with Crippen LogP contribution in [0.2, 0.25) is 0 Å². The number of amides is 1. The van der Waals surface area contributed by atoms with Crippen LogP contribution in [-0.4, -0.2) is 33.8 Å². The van der Waals surface area contributed by atoms with Gasteiger partial charge in [-0.1, -0.05) is 0 Å². The maximum Gasteiger partial charge on any atom is 0.335 e. The maximum atomic E-state index is 12.2. The van der Waals surface area contributed by atoms with Gasteiger partial charge in [0.25, 0.3) is 5.91 Å². The van der Waals surface area contributed by atoms with Crippen molar-refractivity contribution < 1.29 is 14.7 Å². The second kappa shape index (κ2) is 4.93. The Morgan fingerprint density at radius 2 is 1.84 bits per heavy atom. The molecule has 6 nitrogen and oxygen atoms in total. The molecule has 1 heterocycles. The topological polar surface area (TPSA) is 75.4 Å². The van der Waals surface area contributed by atoms with E-state index in [0.29, 0.717) is 11.4 Å². The number of aryl methyl sites for hydroxylation is 1. The van der Waals surface area contributed by atoms with E-state index in [0.717, 1.165) is 0 Å². The molecule has 0 atom stereocenters. The minimum absolute atomic E-state index is 0.185. The van der Waals surface area contributed by atoms with Crippen LogP contribution in [0.15, 0.2) is 36.5 Å². The molecular formula is C13H13N3O3. The van der Waals surface area contributed by atoms with E-state index < -0.39 is 5.97 Å². The summed E-state index contributed by atoms with van der Waals surface area (Å²) in [4.78, 5) is 24.4. The lowest BCUT2D eigenvalue weighted by Gasteiger charge is -2.17. The first-order valence-corrected chi connectivity index (χ1v) is 5.60. The molecular weight excluding hydrogens is 246 g/mol. The van der Waals surface area contributed by atoms with Gasteiger partial charge >= 0.3 is 5.97 Å². The Morgan fingerprint density at radius 3 is 2.32 bits per heavy atom. The third-order valence-corrected chi connectivity index (χ3v) is 2.85. The summed E-state index contributed by atoms with van der Waals surface area (Å²) in [6.45, 7) is 0. The van der Waals surface area contributed by atoms with Crippen molar-refractivity contribution in [3.63, 3.8) is 0 Å². The number of hydrogen-bond acceptors (Lipinski definition) is 3. The highest BCUT2D eigenvalue weighted by molar-refractivity contribution is 6.04. The first kappa shape index (κ1) is 12.8. The van der Waals surface area contributed by atoms with Gasteiger partial charge in [0.1, 0.15) is 5.69 Å². The zero-order valence-electron chi connectivity index (χ0n) is 10.6. The van der Waals surface area contributed by atoms with Gasteiger partial charge in [0.05, 0.1) is 5.56 Å². The van der Waals surface area contributed by atoms with Gasteiger partial charge in [-0.15, -0.1) is 0 Å². The normalized spacial score (nSPS) is 10.2. The predicted molar refractivity (Wildman–Crippen MR) is 69.3 cm³/mol. The van der Waals surface area contributed by atoms with Gasteiger partial charge in [-0.2, -0.15) is 5.10 Å². The molecule has 0 aliphatic heterocycles. The molecule has 0 aliphatic carbocycles. The highest BCUT2D eigenvalue weighted by atomic mass is 16.4. The van der Waals surface area contributed by atoms with Crippen LogP contribution in [0.1, 0.15) is 20.8 Å². The minimum atomic E-state index is -0.993. The second-order valence-electron chi connectivity index (χ2n) is 4.06. The number of hydrogen-bond donors (Lipinski definition) is 1. The highest BCUT2D eigenvalue weighted by Gasteiger charge is 2.16. The van der Waals surface area contributed by atoms with Crippen LogP contribution in [0.5, 0.6) is 0 Å². The van der Waals surface area contributed by atoms with Crippen molar-refractivity contribution in [2.45, 2.75) is 0 Å². The molecule has 0 unspecified atom stereocenters. The number of carbonyl (C=O) groups excluding carboxylic acids is 1. The molecule has 0 saturated heterocycles. The lowest BCUT2D eigenvalue weighted by molar-refractivity contribution is 0.0696. The number of nitrogens with zero attached hydrogens (tertiary/aromatic N) is 3. The third kappa shape index (κ3) is 2.47. The van der Waals surface area contributed by atoms with Crippen molar-refractivity contribution in [3.05, 3.63) is 47.8 Å². The molecule has 2 rings (SSSR count). The highest BCUT2D eigenvalue weighted by Crippen LogP contribution is 2.16. The van der Waals surface area contributed by atoms with Crippen molar-refractivity contribution in [3.8, 4) is 0 Å². The molecule has 1 N–H and O–H groups in total. The lowest BCUT2D eigenvalue weighted by Crippen LogP contribution is -2.28. The number of carbonyl (C=O) groups is 2. The number of benzene rings is 1. The molecule has 1 amide bonds. The molecule has 98 valence electrons. The Morgan fingerprint density at radius 1 is 1.21 bits per heavy atom. The van der Waals surface area contributed by atoms with E-state index in [1.807, 2.05) is 0 Å². The molecule has 19 heavy (non-hydrogen) atoms. The van der Waals surface area contributed by atoms with Gasteiger partial charge in [0.2, 0.25) is 0 Å². The average molecular weight is 259 g/mol. The van der Waals surface area contributed by atoms with Crippen molar-refractivity contribution in [2.24, 2.45) is 7.05 Å². The van der Waals surface area contributed by atoms with Crippen LogP contribution < -0.4 is 4.90 Å². The van der Waals surface area contributed by atoms with Crippen molar-refractivity contribution in [2.75, 3.05) is 11.9 Å². The third-order valence-electron chi connectivity index (χ3n) is 2.85. The average Bonchev–Trinajstić information content (AvgIpc) is 2.83. The Balaban J connectivity index is 2.24. The van der Waals surface area contributed by atoms with Crippen molar-refractivity contribution >= 4 is 17.6 Å². The summed E-state index contributed by atoms with van der Waals surface area (Å²) in [5.74, 6) is -1.20. The summed E-state index contributed by atoms with van der Waals surface area (Å²) >= 11 is 0. The Hall–Kier alpha value is -2.63. The molecule has 0 saturated carbocycles. The smallest absolute Gasteiger partial charge is 0.335 e. The van der Waals surface area contributed by atoms with Crippen LogP contribution in [0.25, 0.3) is 0 Å². The van der Waals surface area contributed by atoms with Crippen molar-refractivity contribution in [1.82, 2.24) is 9.78 Å². The van der Waals surface area contributed by atoms with Gasteiger partial charge in [-0.25, -0.2) is 4.79 Å². The summed E-state index contributed by atoms with van der Waals surface area (Å²) in [6.07, 6.45) is 1.55. The van der Waals surface area contributed by atoms with E-state index in [1.165, 1.54) is 21.7 Å². The van der Waals surface area contributed by atoms with E-state index in [1.54, 1.807) is 38.5 Å². The Bertz CT molecular complexity index is 616. The quantitative estimate of drug-likeness (QED) is 0.903. The fourth-order valence-corrected chi connectivity index (χ4v) is 1.70. The monoisotopic (exact) mass is 259 g/mol. The maximum absolute atomic E-state index is 12.2. The standard InChI is InChI=1S/C13H13N3O3/c1-15(12(17)11-7-8-14-16(11)2)10-5-3-9(4-6-10)13(18)19/h3-8H,1-2H3,(H,18,19). The molecule has 0 bridgehead atoms. The first-order valence-electron chi connectivity index (χ1n) is 5.60. The van der Waals surface area contributed by atoms with E-state index in [-0.39, 0.29) is 11.5 Å². The number of carboxylic acids is 1. The van der Waals surface area contributed by atoms with E-state index in [2.05, 4.69) is 5.10 Å². The number of aromatic nitrogens is 2. The number of carboxylic acid groups (broad SMARTS) is 1. The van der Waals surface area contributed by atoms with Crippen molar-refractivity contribution in [1.29, 1.82) is 0 Å². The van der Waals surface area contributed by atoms with Crippen LogP contribution in [0.3, 0.4) is 0 Å². The van der Waals surface area contributed by atoms with Gasteiger partial charge < -0.3 is 10.0 Å². The molecule has 0 aliphatic rings. The lowest BCUT2D eigenvalue weighted by atomic mass is 10.2. The molecule has 6 heteroatoms. The van der Waals surface area contributed by atoms with Gasteiger partial charge in [-0.05, 0) is 30.3 Å². The zero-order valence-corrected chi connectivity index (χ0v) is 10.6. The summed E-state index contributed by atoms with van der Waals surface area (Å²) < 4.78 is 1.49. The van der Waals surface area contributed by atoms with Crippen LogP contribution >= 0.6 is 0 Å². The fraction of sp³-hybridized carbons (Fsp3) is 0.154. The van der Waals surface area contributed by atoms with E-state index >= 15 is 0 Å². The van der Waals surface area contributed by atoms with Crippen LogP contribution in [0.4, 0.5) is 5.69 Å². The first-order chi connectivity index (χ1) is 9.00. The molecule has 0 radical (unpaired) electrons. The SMILES string of the molecule is CN(C(=O)c1ccnn1C)c1ccc(C(=O)O)cc1. The minimum Gasteiger partial charge on any atom is -0.478 e. The van der Waals surface area contributed by atoms with Gasteiger partial charge in [0.15, 0.2) is 0 Å². The van der Waals surface area contributed by atoms with Crippen LogP contribution in [0, 0.1) is 0 Å².